The Kier molecular flexibility index (Phi) is 3.44. The normalized spacial score (nSPS) is 12.5. The molecule has 0 aliphatic rings. The second kappa shape index (κ2) is 4.85. The van der Waals surface area contributed by atoms with Crippen LogP contribution >= 0.6 is 15.9 Å². The predicted molar refractivity (Wildman–Crippen MR) is 65.8 cm³/mol. The van der Waals surface area contributed by atoms with Crippen molar-refractivity contribution < 1.29 is 9.84 Å². The number of halogens is 1. The fourth-order valence-electron chi connectivity index (χ4n) is 1.55. The number of aliphatic hydroxyl groups excluding tert-OH is 1. The molecule has 0 spiro atoms. The van der Waals surface area contributed by atoms with E-state index in [1.807, 2.05) is 12.1 Å². The third-order valence-corrected chi connectivity index (χ3v) is 2.89. The standard InChI is InChI=1S/C11H12BrN3O2/c1-15-6-13-14-11(15)10(16)7-3-8(12)5-9(4-7)17-2/h3-6,10,16H,1-2H3. The van der Waals surface area contributed by atoms with E-state index in [-0.39, 0.29) is 0 Å². The van der Waals surface area contributed by atoms with E-state index in [4.69, 9.17) is 4.74 Å². The van der Waals surface area contributed by atoms with E-state index in [2.05, 4.69) is 26.1 Å². The van der Waals surface area contributed by atoms with Crippen LogP contribution in [0.5, 0.6) is 5.75 Å². The molecule has 1 unspecified atom stereocenters. The molecule has 0 aliphatic heterocycles. The van der Waals surface area contributed by atoms with Crippen molar-refractivity contribution in [3.05, 3.63) is 40.4 Å². The summed E-state index contributed by atoms with van der Waals surface area (Å²) in [6, 6.07) is 5.42. The van der Waals surface area contributed by atoms with Gasteiger partial charge in [-0.15, -0.1) is 10.2 Å². The maximum Gasteiger partial charge on any atom is 0.166 e. The molecule has 1 heterocycles. The first-order valence-corrected chi connectivity index (χ1v) is 5.77. The number of benzene rings is 1. The molecule has 0 amide bonds. The lowest BCUT2D eigenvalue weighted by Gasteiger charge is -2.12. The van der Waals surface area contributed by atoms with Gasteiger partial charge in [-0.05, 0) is 23.8 Å². The van der Waals surface area contributed by atoms with Crippen LogP contribution < -0.4 is 4.74 Å². The van der Waals surface area contributed by atoms with Crippen LogP contribution in [0.25, 0.3) is 0 Å². The number of aryl methyl sites for hydroxylation is 1. The third-order valence-electron chi connectivity index (χ3n) is 2.44. The van der Waals surface area contributed by atoms with Crippen molar-refractivity contribution in [3.8, 4) is 5.75 Å². The maximum absolute atomic E-state index is 10.2. The summed E-state index contributed by atoms with van der Waals surface area (Å²) in [4.78, 5) is 0. The number of methoxy groups -OCH3 is 1. The minimum Gasteiger partial charge on any atom is -0.497 e. The fraction of sp³-hybridized carbons (Fsp3) is 0.273. The molecule has 1 aromatic heterocycles. The van der Waals surface area contributed by atoms with Gasteiger partial charge >= 0.3 is 0 Å². The molecule has 0 bridgehead atoms. The van der Waals surface area contributed by atoms with Gasteiger partial charge in [0.25, 0.3) is 0 Å². The number of rotatable bonds is 3. The molecular formula is C11H12BrN3O2. The lowest BCUT2D eigenvalue weighted by molar-refractivity contribution is 0.205. The molecule has 17 heavy (non-hydrogen) atoms. The summed E-state index contributed by atoms with van der Waals surface area (Å²) < 4.78 is 7.67. The predicted octanol–water partition coefficient (Wildman–Crippen LogP) is 1.67. The molecule has 2 rings (SSSR count). The van der Waals surface area contributed by atoms with Crippen LogP contribution in [0.15, 0.2) is 29.0 Å². The van der Waals surface area contributed by atoms with E-state index in [0.29, 0.717) is 17.1 Å². The van der Waals surface area contributed by atoms with Crippen molar-refractivity contribution >= 4 is 15.9 Å². The van der Waals surface area contributed by atoms with Gasteiger partial charge < -0.3 is 14.4 Å². The Morgan fingerprint density at radius 1 is 1.41 bits per heavy atom. The molecule has 1 N–H and O–H groups in total. The number of hydrogen-bond donors (Lipinski definition) is 1. The minimum absolute atomic E-state index is 0.491. The van der Waals surface area contributed by atoms with Crippen LogP contribution in [-0.2, 0) is 7.05 Å². The highest BCUT2D eigenvalue weighted by Crippen LogP contribution is 2.27. The highest BCUT2D eigenvalue weighted by atomic mass is 79.9. The molecule has 0 fully saturated rings. The zero-order chi connectivity index (χ0) is 12.4. The van der Waals surface area contributed by atoms with E-state index in [1.165, 1.54) is 0 Å². The van der Waals surface area contributed by atoms with Crippen molar-refractivity contribution in [2.24, 2.45) is 7.05 Å². The van der Waals surface area contributed by atoms with Gasteiger partial charge in [-0.3, -0.25) is 0 Å². The zero-order valence-electron chi connectivity index (χ0n) is 9.46. The topological polar surface area (TPSA) is 60.2 Å². The van der Waals surface area contributed by atoms with Gasteiger partial charge in [0.15, 0.2) is 5.82 Å². The summed E-state index contributed by atoms with van der Waals surface area (Å²) in [5, 5.41) is 17.8. The van der Waals surface area contributed by atoms with Gasteiger partial charge in [0.2, 0.25) is 0 Å². The lowest BCUT2D eigenvalue weighted by atomic mass is 10.1. The Morgan fingerprint density at radius 3 is 2.76 bits per heavy atom. The fourth-order valence-corrected chi connectivity index (χ4v) is 2.04. The van der Waals surface area contributed by atoms with Crippen LogP contribution in [0.2, 0.25) is 0 Å². The number of aromatic nitrogens is 3. The Bertz CT molecular complexity index is 527. The number of nitrogens with zero attached hydrogens (tertiary/aromatic N) is 3. The van der Waals surface area contributed by atoms with E-state index in [9.17, 15) is 5.11 Å². The van der Waals surface area contributed by atoms with Crippen molar-refractivity contribution in [3.63, 3.8) is 0 Å². The van der Waals surface area contributed by atoms with Crippen molar-refractivity contribution in [1.29, 1.82) is 0 Å². The Balaban J connectivity index is 2.40. The van der Waals surface area contributed by atoms with Crippen LogP contribution in [0, 0.1) is 0 Å². The van der Waals surface area contributed by atoms with Crippen LogP contribution in [-0.4, -0.2) is 27.0 Å². The van der Waals surface area contributed by atoms with Gasteiger partial charge in [0.05, 0.1) is 7.11 Å². The van der Waals surface area contributed by atoms with Gasteiger partial charge in [-0.1, -0.05) is 15.9 Å². The molecular weight excluding hydrogens is 286 g/mol. The zero-order valence-corrected chi connectivity index (χ0v) is 11.0. The molecule has 1 atom stereocenters. The quantitative estimate of drug-likeness (QED) is 0.936. The summed E-state index contributed by atoms with van der Waals surface area (Å²) in [7, 11) is 3.37. The first kappa shape index (κ1) is 12.1. The molecule has 6 heteroatoms. The Labute approximate surface area is 107 Å². The van der Waals surface area contributed by atoms with Crippen molar-refractivity contribution in [2.45, 2.75) is 6.10 Å². The van der Waals surface area contributed by atoms with E-state index >= 15 is 0 Å². The first-order chi connectivity index (χ1) is 8.11. The molecule has 1 aromatic carbocycles. The lowest BCUT2D eigenvalue weighted by Crippen LogP contribution is -2.07. The number of aliphatic hydroxyl groups is 1. The summed E-state index contributed by atoms with van der Waals surface area (Å²) >= 11 is 3.37. The Hall–Kier alpha value is -1.40. The van der Waals surface area contributed by atoms with Gasteiger partial charge in [0, 0.05) is 11.5 Å². The molecule has 0 saturated heterocycles. The van der Waals surface area contributed by atoms with Crippen LogP contribution in [0.1, 0.15) is 17.5 Å². The maximum atomic E-state index is 10.2. The molecule has 0 aliphatic carbocycles. The van der Waals surface area contributed by atoms with Crippen molar-refractivity contribution in [1.82, 2.24) is 14.8 Å². The molecule has 90 valence electrons. The summed E-state index contributed by atoms with van der Waals surface area (Å²) in [6.07, 6.45) is 0.724. The second-order valence-electron chi connectivity index (χ2n) is 3.63. The van der Waals surface area contributed by atoms with E-state index < -0.39 is 6.10 Å². The minimum atomic E-state index is -0.825. The number of ether oxygens (including phenoxy) is 1. The molecule has 2 aromatic rings. The molecule has 0 radical (unpaired) electrons. The smallest absolute Gasteiger partial charge is 0.166 e. The summed E-state index contributed by atoms with van der Waals surface area (Å²) in [5.41, 5.74) is 0.701. The second-order valence-corrected chi connectivity index (χ2v) is 4.54. The Morgan fingerprint density at radius 2 is 2.18 bits per heavy atom. The molecule has 0 saturated carbocycles. The van der Waals surface area contributed by atoms with E-state index in [1.54, 1.807) is 31.1 Å². The summed E-state index contributed by atoms with van der Waals surface area (Å²) in [5.74, 6) is 1.17. The van der Waals surface area contributed by atoms with Crippen LogP contribution in [0.3, 0.4) is 0 Å². The third kappa shape index (κ3) is 2.48. The van der Waals surface area contributed by atoms with Crippen molar-refractivity contribution in [2.75, 3.05) is 7.11 Å². The largest absolute Gasteiger partial charge is 0.497 e. The van der Waals surface area contributed by atoms with Gasteiger partial charge in [0.1, 0.15) is 18.2 Å². The van der Waals surface area contributed by atoms with E-state index in [0.717, 1.165) is 4.47 Å². The SMILES string of the molecule is COc1cc(Br)cc(C(O)c2nncn2C)c1. The summed E-state index contributed by atoms with van der Waals surface area (Å²) in [6.45, 7) is 0. The molecule has 5 nitrogen and oxygen atoms in total. The first-order valence-electron chi connectivity index (χ1n) is 4.98. The average molecular weight is 298 g/mol. The monoisotopic (exact) mass is 297 g/mol. The van der Waals surface area contributed by atoms with Gasteiger partial charge in [-0.2, -0.15) is 0 Å². The van der Waals surface area contributed by atoms with Gasteiger partial charge in [-0.25, -0.2) is 0 Å². The highest BCUT2D eigenvalue weighted by Gasteiger charge is 2.17. The number of hydrogen-bond acceptors (Lipinski definition) is 4. The highest BCUT2D eigenvalue weighted by molar-refractivity contribution is 9.10. The average Bonchev–Trinajstić information content (AvgIpc) is 2.73. The van der Waals surface area contributed by atoms with Crippen LogP contribution in [0.4, 0.5) is 0 Å².